The molecule has 0 amide bonds. The van der Waals surface area contributed by atoms with E-state index < -0.39 is 20.7 Å². The van der Waals surface area contributed by atoms with Crippen LogP contribution in [0.3, 0.4) is 0 Å². The van der Waals surface area contributed by atoms with Gasteiger partial charge in [0.25, 0.3) is 0 Å². The van der Waals surface area contributed by atoms with Crippen LogP contribution in [0.1, 0.15) is 115 Å². The van der Waals surface area contributed by atoms with Gasteiger partial charge in [0.15, 0.2) is 11.0 Å². The Morgan fingerprint density at radius 1 is 0.711 bits per heavy atom. The second kappa shape index (κ2) is 14.2. The van der Waals surface area contributed by atoms with Gasteiger partial charge in [-0.1, -0.05) is 134 Å². The number of benzene rings is 2. The third kappa shape index (κ3) is 9.16. The molecule has 2 unspecified atom stereocenters. The summed E-state index contributed by atoms with van der Waals surface area (Å²) in [7, 11) is -4.10. The lowest BCUT2D eigenvalue weighted by Crippen LogP contribution is -2.37. The normalized spacial score (nSPS) is 14.2. The number of primary sulfonamides is 1. The van der Waals surface area contributed by atoms with Gasteiger partial charge in [-0.15, -0.1) is 0 Å². The molecule has 0 fully saturated rings. The van der Waals surface area contributed by atoms with Gasteiger partial charge in [-0.2, -0.15) is 0 Å². The van der Waals surface area contributed by atoms with E-state index in [1.54, 1.807) is 44.2 Å². The number of sulfonamides is 1. The average Bonchev–Trinajstić information content (AvgIpc) is 2.86. The van der Waals surface area contributed by atoms with E-state index in [0.717, 1.165) is 56.9 Å². The molecule has 0 aliphatic heterocycles. The Kier molecular flexibility index (Phi) is 11.9. The molecule has 2 atom stereocenters. The van der Waals surface area contributed by atoms with Gasteiger partial charge in [0.1, 0.15) is 5.78 Å². The first-order valence-electron chi connectivity index (χ1n) is 14.0. The number of hydrogen-bond acceptors (Lipinski definition) is 4. The first-order chi connectivity index (χ1) is 17.8. The number of ketones is 2. The average molecular weight is 542 g/mol. The van der Waals surface area contributed by atoms with Gasteiger partial charge < -0.3 is 0 Å². The Hall–Kier alpha value is -2.31. The van der Waals surface area contributed by atoms with Crippen molar-refractivity contribution in [3.05, 3.63) is 71.8 Å². The molecule has 0 saturated carbocycles. The first-order valence-corrected chi connectivity index (χ1v) is 15.6. The summed E-state index contributed by atoms with van der Waals surface area (Å²) in [5.41, 5.74) is 0.252. The number of Topliss-reactive ketones (excluding diaryl/α,β-unsaturated/α-hetero) is 2. The molecule has 6 heteroatoms. The van der Waals surface area contributed by atoms with Crippen molar-refractivity contribution >= 4 is 21.6 Å². The molecular formula is C32H47NO4S. The van der Waals surface area contributed by atoms with E-state index in [1.807, 2.05) is 30.3 Å². The van der Waals surface area contributed by atoms with Gasteiger partial charge >= 0.3 is 0 Å². The van der Waals surface area contributed by atoms with E-state index in [1.165, 1.54) is 0 Å². The summed E-state index contributed by atoms with van der Waals surface area (Å²) < 4.78 is 24.7. The van der Waals surface area contributed by atoms with Crippen LogP contribution in [0.15, 0.2) is 60.7 Å². The Morgan fingerprint density at radius 3 is 1.68 bits per heavy atom. The predicted molar refractivity (Wildman–Crippen MR) is 156 cm³/mol. The van der Waals surface area contributed by atoms with Crippen LogP contribution in [0.5, 0.6) is 0 Å². The first kappa shape index (κ1) is 31.9. The third-order valence-electron chi connectivity index (χ3n) is 7.72. The number of unbranched alkanes of at least 4 members (excludes halogenated alkanes) is 4. The second-order valence-electron chi connectivity index (χ2n) is 11.9. The summed E-state index contributed by atoms with van der Waals surface area (Å²) in [5.74, 6) is -0.223. The lowest BCUT2D eigenvalue weighted by Gasteiger charge is -2.29. The highest BCUT2D eigenvalue weighted by atomic mass is 32.2. The highest BCUT2D eigenvalue weighted by Gasteiger charge is 2.40. The van der Waals surface area contributed by atoms with E-state index >= 15 is 0 Å². The van der Waals surface area contributed by atoms with Gasteiger partial charge in [0.2, 0.25) is 10.0 Å². The minimum Gasteiger partial charge on any atom is -0.298 e. The fourth-order valence-electron chi connectivity index (χ4n) is 5.23. The molecule has 2 N–H and O–H groups in total. The molecule has 0 aliphatic carbocycles. The quantitative estimate of drug-likeness (QED) is 0.210. The number of carbonyl (C=O) groups excluding carboxylic acids is 2. The van der Waals surface area contributed by atoms with Crippen LogP contribution in [-0.2, 0) is 19.6 Å². The lowest BCUT2D eigenvalue weighted by molar-refractivity contribution is -0.129. The number of rotatable bonds is 17. The molecule has 210 valence electrons. The molecule has 0 saturated heterocycles. The Bertz CT molecular complexity index is 1120. The summed E-state index contributed by atoms with van der Waals surface area (Å²) in [5, 5.41) is 4.13. The maximum absolute atomic E-state index is 13.7. The van der Waals surface area contributed by atoms with Gasteiger partial charge in [-0.3, -0.25) is 9.59 Å². The fraction of sp³-hybridized carbons (Fsp3) is 0.562. The number of nitrogens with two attached hydrogens (primary N) is 1. The van der Waals surface area contributed by atoms with Crippen LogP contribution in [0.2, 0.25) is 0 Å². The molecule has 2 aromatic carbocycles. The summed E-state index contributed by atoms with van der Waals surface area (Å²) >= 11 is 0. The van der Waals surface area contributed by atoms with Crippen molar-refractivity contribution in [3.63, 3.8) is 0 Å². The highest BCUT2D eigenvalue weighted by molar-refractivity contribution is 7.90. The van der Waals surface area contributed by atoms with E-state index in [2.05, 4.69) is 20.8 Å². The smallest absolute Gasteiger partial charge is 0.223 e. The Morgan fingerprint density at radius 2 is 1.18 bits per heavy atom. The van der Waals surface area contributed by atoms with E-state index in [9.17, 15) is 18.0 Å². The molecule has 2 aromatic rings. The van der Waals surface area contributed by atoms with Crippen molar-refractivity contribution in [2.45, 2.75) is 104 Å². The molecule has 0 aromatic heterocycles. The molecule has 38 heavy (non-hydrogen) atoms. The zero-order chi connectivity index (χ0) is 28.4. The lowest BCUT2D eigenvalue weighted by atomic mass is 9.73. The number of carbonyl (C=O) groups is 2. The third-order valence-corrected chi connectivity index (χ3v) is 8.86. The molecule has 5 nitrogen and oxygen atoms in total. The monoisotopic (exact) mass is 541 g/mol. The standard InChI is InChI=1S/C32H47NO4S/c1-6-7-16-23-31(2,3)29(34)27(25-18-11-8-12-19-25)22-15-10-17-24-32(4,5)30(35)28(38(33,36)37)26-20-13-9-14-21-26/h8-9,11-14,18-21,27-28H,6-7,10,15-17,22-24H2,1-5H3,(H2,33,36,37). The molecule has 2 rings (SSSR count). The molecule has 0 bridgehead atoms. The zero-order valence-electron chi connectivity index (χ0n) is 23.9. The van der Waals surface area contributed by atoms with Crippen LogP contribution >= 0.6 is 0 Å². The van der Waals surface area contributed by atoms with Crippen molar-refractivity contribution in [1.29, 1.82) is 0 Å². The molecule has 0 aliphatic rings. The van der Waals surface area contributed by atoms with Crippen molar-refractivity contribution in [2.24, 2.45) is 16.0 Å². The molecule has 0 radical (unpaired) electrons. The van der Waals surface area contributed by atoms with Gasteiger partial charge in [-0.25, -0.2) is 13.6 Å². The maximum Gasteiger partial charge on any atom is 0.223 e. The fourth-order valence-corrected chi connectivity index (χ4v) is 6.39. The van der Waals surface area contributed by atoms with E-state index in [0.29, 0.717) is 17.8 Å². The van der Waals surface area contributed by atoms with Crippen LogP contribution in [0.25, 0.3) is 0 Å². The predicted octanol–water partition coefficient (Wildman–Crippen LogP) is 7.52. The topological polar surface area (TPSA) is 94.3 Å². The highest BCUT2D eigenvalue weighted by Crippen LogP contribution is 2.37. The van der Waals surface area contributed by atoms with Crippen molar-refractivity contribution in [1.82, 2.24) is 0 Å². The van der Waals surface area contributed by atoms with E-state index in [-0.39, 0.29) is 17.1 Å². The molecule has 0 heterocycles. The van der Waals surface area contributed by atoms with Gasteiger partial charge in [-0.05, 0) is 30.4 Å². The zero-order valence-corrected chi connectivity index (χ0v) is 24.7. The SMILES string of the molecule is CCCCCC(C)(C)C(=O)C(CCCCCC(C)(C)C(=O)C(c1ccccc1)S(N)(=O)=O)c1ccccc1. The van der Waals surface area contributed by atoms with Crippen LogP contribution < -0.4 is 5.14 Å². The van der Waals surface area contributed by atoms with Crippen LogP contribution in [0.4, 0.5) is 0 Å². The van der Waals surface area contributed by atoms with Crippen LogP contribution in [0, 0.1) is 10.8 Å². The Balaban J connectivity index is 2.03. The maximum atomic E-state index is 13.7. The second-order valence-corrected chi connectivity index (χ2v) is 13.5. The van der Waals surface area contributed by atoms with Crippen molar-refractivity contribution < 1.29 is 18.0 Å². The minimum absolute atomic E-state index is 0.146. The molecule has 0 spiro atoms. The summed E-state index contributed by atoms with van der Waals surface area (Å²) in [6.07, 6.45) is 8.02. The molecular weight excluding hydrogens is 494 g/mol. The van der Waals surface area contributed by atoms with Crippen molar-refractivity contribution in [3.8, 4) is 0 Å². The summed E-state index contributed by atoms with van der Waals surface area (Å²) in [6, 6.07) is 18.5. The minimum atomic E-state index is -4.10. The van der Waals surface area contributed by atoms with Gasteiger partial charge in [0.05, 0.1) is 0 Å². The number of hydrogen-bond donors (Lipinski definition) is 1. The van der Waals surface area contributed by atoms with E-state index in [4.69, 9.17) is 5.14 Å². The Labute approximate surface area is 230 Å². The van der Waals surface area contributed by atoms with Crippen LogP contribution in [-0.4, -0.2) is 20.0 Å². The summed E-state index contributed by atoms with van der Waals surface area (Å²) in [4.78, 5) is 27.0. The summed E-state index contributed by atoms with van der Waals surface area (Å²) in [6.45, 7) is 9.91. The van der Waals surface area contributed by atoms with Crippen molar-refractivity contribution in [2.75, 3.05) is 0 Å². The largest absolute Gasteiger partial charge is 0.298 e. The van der Waals surface area contributed by atoms with Gasteiger partial charge in [0, 0.05) is 16.7 Å².